The topological polar surface area (TPSA) is 17.1 Å². The largest absolute Gasteiger partial charge is 0.425 e. The second-order valence-corrected chi connectivity index (χ2v) is 4.73. The first-order valence-corrected chi connectivity index (χ1v) is 5.78. The van der Waals surface area contributed by atoms with Crippen LogP contribution in [0.1, 0.15) is 26.2 Å². The summed E-state index contributed by atoms with van der Waals surface area (Å²) in [5.74, 6) is -4.16. The number of unbranched alkanes of at least 4 members (excludes halogenated alkanes) is 1. The van der Waals surface area contributed by atoms with Crippen LogP contribution in [0.3, 0.4) is 0 Å². The van der Waals surface area contributed by atoms with Gasteiger partial charge in [-0.25, -0.2) is 13.2 Å². The van der Waals surface area contributed by atoms with Crippen LogP contribution in [0.25, 0.3) is 0 Å². The average molecular weight is 282 g/mol. The van der Waals surface area contributed by atoms with E-state index in [-0.39, 0.29) is 23.7 Å². The first-order chi connectivity index (χ1) is 7.57. The van der Waals surface area contributed by atoms with E-state index in [0.717, 1.165) is 11.8 Å². The molecule has 0 amide bonds. The lowest BCUT2D eigenvalue weighted by atomic mass is 10.1. The van der Waals surface area contributed by atoms with Crippen LogP contribution >= 0.6 is 11.8 Å². The lowest BCUT2D eigenvalue weighted by molar-refractivity contribution is -0.245. The Hall–Kier alpha value is -0.400. The molecule has 0 rings (SSSR count). The molecule has 0 saturated carbocycles. The molecule has 1 atom stereocenters. The molecular weight excluding hydrogens is 270 g/mol. The number of hydrogen-bond donors (Lipinski definition) is 0. The molecule has 0 aromatic carbocycles. The summed E-state index contributed by atoms with van der Waals surface area (Å²) < 4.78 is 73.0. The zero-order chi connectivity index (χ0) is 13.7. The maximum atomic E-state index is 12.7. The summed E-state index contributed by atoms with van der Waals surface area (Å²) in [7, 11) is 0. The fourth-order valence-electron chi connectivity index (χ4n) is 1.04. The Labute approximate surface area is 98.9 Å². The number of thioether (sulfide) groups is 1. The molecule has 0 saturated heterocycles. The highest BCUT2D eigenvalue weighted by Gasteiger charge is 2.56. The van der Waals surface area contributed by atoms with Gasteiger partial charge in [-0.05, 0) is 12.8 Å². The molecule has 0 bridgehead atoms. The van der Waals surface area contributed by atoms with Crippen LogP contribution in [0.4, 0.5) is 26.3 Å². The van der Waals surface area contributed by atoms with E-state index in [2.05, 4.69) is 0 Å². The Morgan fingerprint density at radius 2 is 1.71 bits per heavy atom. The number of rotatable bonds is 6. The third-order valence-electron chi connectivity index (χ3n) is 1.87. The smallest absolute Gasteiger partial charge is 0.288 e. The van der Waals surface area contributed by atoms with Gasteiger partial charge < -0.3 is 0 Å². The van der Waals surface area contributed by atoms with Crippen LogP contribution in [-0.2, 0) is 4.79 Å². The van der Waals surface area contributed by atoms with Crippen LogP contribution in [0.2, 0.25) is 0 Å². The average Bonchev–Trinajstić information content (AvgIpc) is 2.14. The van der Waals surface area contributed by atoms with Gasteiger partial charge in [0.05, 0.1) is 0 Å². The van der Waals surface area contributed by atoms with Gasteiger partial charge >= 0.3 is 6.18 Å². The first kappa shape index (κ1) is 16.6. The van der Waals surface area contributed by atoms with Gasteiger partial charge in [0, 0.05) is 19.1 Å². The van der Waals surface area contributed by atoms with Crippen molar-refractivity contribution in [3.63, 3.8) is 0 Å². The second-order valence-electron chi connectivity index (χ2n) is 3.46. The van der Waals surface area contributed by atoms with E-state index < -0.39 is 24.7 Å². The molecule has 8 heteroatoms. The molecule has 0 aliphatic heterocycles. The minimum Gasteiger partial charge on any atom is -0.288 e. The predicted molar refractivity (Wildman–Crippen MR) is 52.9 cm³/mol. The number of carbonyl (C=O) groups is 1. The van der Waals surface area contributed by atoms with E-state index in [4.69, 9.17) is 0 Å². The molecular formula is C9H12F6OS. The van der Waals surface area contributed by atoms with Gasteiger partial charge in [-0.3, -0.25) is 4.79 Å². The summed E-state index contributed by atoms with van der Waals surface area (Å²) in [6, 6.07) is 0. The van der Waals surface area contributed by atoms with E-state index in [0.29, 0.717) is 0 Å². The molecule has 0 aromatic heterocycles. The number of alkyl halides is 6. The molecule has 0 heterocycles. The lowest BCUT2D eigenvalue weighted by Crippen LogP contribution is -2.41. The van der Waals surface area contributed by atoms with Crippen molar-refractivity contribution in [2.75, 3.05) is 5.75 Å². The van der Waals surface area contributed by atoms with Gasteiger partial charge in [-0.1, -0.05) is 11.8 Å². The van der Waals surface area contributed by atoms with Gasteiger partial charge in [-0.2, -0.15) is 13.2 Å². The molecule has 0 N–H and O–H groups in total. The van der Waals surface area contributed by atoms with Crippen LogP contribution in [0.5, 0.6) is 0 Å². The van der Waals surface area contributed by atoms with E-state index in [9.17, 15) is 31.1 Å². The highest BCUT2D eigenvalue weighted by Crippen LogP contribution is 2.37. The van der Waals surface area contributed by atoms with E-state index in [1.165, 1.54) is 6.92 Å². The zero-order valence-electron chi connectivity index (χ0n) is 8.99. The maximum Gasteiger partial charge on any atom is 0.425 e. The van der Waals surface area contributed by atoms with E-state index in [1.54, 1.807) is 0 Å². The standard InChI is InChI=1S/C9H12F6OS/c1-6(16)17-5-3-2-4-8(11,12)7(10)9(13,14)15/h7H,2-5H2,1H3. The molecule has 0 aromatic rings. The fourth-order valence-corrected chi connectivity index (χ4v) is 1.68. The predicted octanol–water partition coefficient (Wildman–Crippen LogP) is 3.97. The molecule has 1 nitrogen and oxygen atoms in total. The molecule has 17 heavy (non-hydrogen) atoms. The van der Waals surface area contributed by atoms with Crippen molar-refractivity contribution in [2.24, 2.45) is 0 Å². The molecule has 1 unspecified atom stereocenters. The number of carbonyl (C=O) groups excluding carboxylic acids is 1. The molecule has 0 aliphatic rings. The Morgan fingerprint density at radius 1 is 1.18 bits per heavy atom. The summed E-state index contributed by atoms with van der Waals surface area (Å²) in [6.07, 6.45) is -11.0. The fraction of sp³-hybridized carbons (Fsp3) is 0.889. The van der Waals surface area contributed by atoms with Gasteiger partial charge in [0.25, 0.3) is 12.1 Å². The maximum absolute atomic E-state index is 12.7. The van der Waals surface area contributed by atoms with Crippen molar-refractivity contribution >= 4 is 16.9 Å². The molecule has 0 spiro atoms. The number of halogens is 6. The molecule has 0 radical (unpaired) electrons. The van der Waals surface area contributed by atoms with Crippen molar-refractivity contribution in [3.05, 3.63) is 0 Å². The van der Waals surface area contributed by atoms with Crippen molar-refractivity contribution in [1.29, 1.82) is 0 Å². The van der Waals surface area contributed by atoms with Crippen molar-refractivity contribution < 1.29 is 31.1 Å². The SMILES string of the molecule is CC(=O)SCCCCC(F)(F)C(F)C(F)(F)F. The third kappa shape index (κ3) is 6.80. The highest BCUT2D eigenvalue weighted by atomic mass is 32.2. The van der Waals surface area contributed by atoms with E-state index in [1.807, 2.05) is 0 Å². The second kappa shape index (κ2) is 6.51. The lowest BCUT2D eigenvalue weighted by Gasteiger charge is -2.22. The normalized spacial score (nSPS) is 14.8. The Bertz CT molecular complexity index is 252. The summed E-state index contributed by atoms with van der Waals surface area (Å²) >= 11 is 0.896. The summed E-state index contributed by atoms with van der Waals surface area (Å²) in [4.78, 5) is 10.4. The molecule has 0 aliphatic carbocycles. The van der Waals surface area contributed by atoms with Crippen LogP contribution in [-0.4, -0.2) is 29.1 Å². The van der Waals surface area contributed by atoms with Crippen molar-refractivity contribution in [1.82, 2.24) is 0 Å². The minimum absolute atomic E-state index is 0.143. The summed E-state index contributed by atoms with van der Waals surface area (Å²) in [5, 5.41) is -0.199. The van der Waals surface area contributed by atoms with Gasteiger partial charge in [0.1, 0.15) is 0 Å². The van der Waals surface area contributed by atoms with Crippen molar-refractivity contribution in [2.45, 2.75) is 44.5 Å². The van der Waals surface area contributed by atoms with E-state index >= 15 is 0 Å². The van der Waals surface area contributed by atoms with Crippen LogP contribution < -0.4 is 0 Å². The highest BCUT2D eigenvalue weighted by molar-refractivity contribution is 8.13. The van der Waals surface area contributed by atoms with Gasteiger partial charge in [0.15, 0.2) is 5.12 Å². The first-order valence-electron chi connectivity index (χ1n) is 4.79. The van der Waals surface area contributed by atoms with Crippen LogP contribution in [0, 0.1) is 0 Å². The molecule has 102 valence electrons. The van der Waals surface area contributed by atoms with Crippen LogP contribution in [0.15, 0.2) is 0 Å². The summed E-state index contributed by atoms with van der Waals surface area (Å²) in [6.45, 7) is 1.29. The van der Waals surface area contributed by atoms with Gasteiger partial charge in [-0.15, -0.1) is 0 Å². The number of hydrogen-bond acceptors (Lipinski definition) is 2. The quantitative estimate of drug-likeness (QED) is 0.541. The zero-order valence-corrected chi connectivity index (χ0v) is 9.81. The minimum atomic E-state index is -5.54. The monoisotopic (exact) mass is 282 g/mol. The summed E-state index contributed by atoms with van der Waals surface area (Å²) in [5.41, 5.74) is 0. The van der Waals surface area contributed by atoms with Crippen molar-refractivity contribution in [3.8, 4) is 0 Å². The van der Waals surface area contributed by atoms with Gasteiger partial charge in [0.2, 0.25) is 0 Å². The Morgan fingerprint density at radius 3 is 2.12 bits per heavy atom. The third-order valence-corrected chi connectivity index (χ3v) is 2.77. The molecule has 0 fully saturated rings. The Balaban J connectivity index is 3.98. The Kier molecular flexibility index (Phi) is 6.36.